The molecule has 2 rings (SSSR count). The van der Waals surface area contributed by atoms with Crippen LogP contribution in [0.25, 0.3) is 0 Å². The van der Waals surface area contributed by atoms with E-state index in [1.807, 2.05) is 6.07 Å². The van der Waals surface area contributed by atoms with E-state index in [2.05, 4.69) is 30.6 Å². The summed E-state index contributed by atoms with van der Waals surface area (Å²) in [7, 11) is 0. The lowest BCUT2D eigenvalue weighted by Crippen LogP contribution is -2.56. The summed E-state index contributed by atoms with van der Waals surface area (Å²) < 4.78 is 0. The van der Waals surface area contributed by atoms with E-state index in [0.717, 1.165) is 25.7 Å². The smallest absolute Gasteiger partial charge is 0.240 e. The van der Waals surface area contributed by atoms with Gasteiger partial charge >= 0.3 is 0 Å². The van der Waals surface area contributed by atoms with E-state index in [9.17, 15) is 4.79 Å². The van der Waals surface area contributed by atoms with Crippen molar-refractivity contribution < 1.29 is 4.79 Å². The molecule has 0 saturated heterocycles. The summed E-state index contributed by atoms with van der Waals surface area (Å²) >= 11 is 1.69. The van der Waals surface area contributed by atoms with Crippen LogP contribution in [0.4, 0.5) is 0 Å². The lowest BCUT2D eigenvalue weighted by Gasteiger charge is -2.34. The van der Waals surface area contributed by atoms with Crippen LogP contribution in [0.5, 0.6) is 0 Å². The van der Waals surface area contributed by atoms with Gasteiger partial charge in [-0.1, -0.05) is 39.2 Å². The van der Waals surface area contributed by atoms with Gasteiger partial charge in [0.05, 0.1) is 11.6 Å². The molecule has 1 aromatic rings. The Morgan fingerprint density at radius 1 is 1.37 bits per heavy atom. The first kappa shape index (κ1) is 14.5. The summed E-state index contributed by atoms with van der Waals surface area (Å²) in [6, 6.07) is 4.19. The molecule has 3 N–H and O–H groups in total. The monoisotopic (exact) mass is 280 g/mol. The van der Waals surface area contributed by atoms with Gasteiger partial charge in [0.2, 0.25) is 5.91 Å². The summed E-state index contributed by atoms with van der Waals surface area (Å²) in [5.74, 6) is 0.397. The molecular formula is C15H24N2OS. The van der Waals surface area contributed by atoms with E-state index in [-0.39, 0.29) is 11.9 Å². The number of carbonyl (C=O) groups excluding carboxylic acids is 1. The molecule has 0 spiro atoms. The second kappa shape index (κ2) is 6.06. The molecule has 0 aromatic carbocycles. The quantitative estimate of drug-likeness (QED) is 0.889. The molecule has 3 nitrogen and oxygen atoms in total. The van der Waals surface area contributed by atoms with Gasteiger partial charge in [0, 0.05) is 4.88 Å². The second-order valence-corrected chi connectivity index (χ2v) is 6.91. The predicted molar refractivity (Wildman–Crippen MR) is 80.0 cm³/mol. The van der Waals surface area contributed by atoms with Crippen molar-refractivity contribution in [2.24, 2.45) is 11.7 Å². The van der Waals surface area contributed by atoms with Gasteiger partial charge in [0.15, 0.2) is 0 Å². The van der Waals surface area contributed by atoms with Crippen LogP contribution in [0.3, 0.4) is 0 Å². The van der Waals surface area contributed by atoms with Crippen LogP contribution in [0, 0.1) is 5.92 Å². The van der Waals surface area contributed by atoms with E-state index >= 15 is 0 Å². The zero-order chi connectivity index (χ0) is 13.9. The molecule has 1 fully saturated rings. The van der Waals surface area contributed by atoms with Crippen molar-refractivity contribution in [1.29, 1.82) is 0 Å². The van der Waals surface area contributed by atoms with Crippen LogP contribution in [-0.4, -0.2) is 11.4 Å². The van der Waals surface area contributed by atoms with Crippen LogP contribution >= 0.6 is 11.3 Å². The van der Waals surface area contributed by atoms with Gasteiger partial charge in [-0.05, 0) is 30.2 Å². The fourth-order valence-electron chi connectivity index (χ4n) is 2.73. The summed E-state index contributed by atoms with van der Waals surface area (Å²) in [6.07, 6.45) is 4.96. The molecule has 0 radical (unpaired) electrons. The maximum absolute atomic E-state index is 12.5. The van der Waals surface area contributed by atoms with Gasteiger partial charge in [-0.2, -0.15) is 0 Å². The summed E-state index contributed by atoms with van der Waals surface area (Å²) in [4.78, 5) is 13.7. The molecule has 1 aliphatic rings. The first-order valence-electron chi connectivity index (χ1n) is 7.16. The molecule has 106 valence electrons. The van der Waals surface area contributed by atoms with Crippen molar-refractivity contribution in [3.8, 4) is 0 Å². The maximum atomic E-state index is 12.5. The molecule has 1 heterocycles. The minimum Gasteiger partial charge on any atom is -0.347 e. The van der Waals surface area contributed by atoms with Crippen molar-refractivity contribution in [2.45, 2.75) is 57.5 Å². The predicted octanol–water partition coefficient (Wildman–Crippen LogP) is 3.22. The summed E-state index contributed by atoms with van der Waals surface area (Å²) in [5, 5.41) is 5.23. The normalized spacial score (nSPS) is 20.2. The Morgan fingerprint density at radius 3 is 2.58 bits per heavy atom. The lowest BCUT2D eigenvalue weighted by molar-refractivity contribution is -0.128. The lowest BCUT2D eigenvalue weighted by atomic mass is 9.81. The number of carbonyl (C=O) groups is 1. The van der Waals surface area contributed by atoms with Crippen molar-refractivity contribution in [2.75, 3.05) is 0 Å². The number of nitrogens with one attached hydrogen (secondary N) is 1. The SMILES string of the molecule is CC(C)C(NC(=O)C1(N)CCCCC1)c1cccs1. The molecule has 1 amide bonds. The van der Waals surface area contributed by atoms with Gasteiger partial charge in [-0.25, -0.2) is 0 Å². The first-order valence-corrected chi connectivity index (χ1v) is 8.04. The molecule has 1 unspecified atom stereocenters. The van der Waals surface area contributed by atoms with Gasteiger partial charge in [-0.15, -0.1) is 11.3 Å². The van der Waals surface area contributed by atoms with Crippen molar-refractivity contribution >= 4 is 17.2 Å². The molecular weight excluding hydrogens is 256 g/mol. The summed E-state index contributed by atoms with van der Waals surface area (Å²) in [6.45, 7) is 4.27. The standard InChI is InChI=1S/C15H24N2OS/c1-11(2)13(12-7-6-10-19-12)17-14(18)15(16)8-4-3-5-9-15/h6-7,10-11,13H,3-5,8-9,16H2,1-2H3,(H,17,18). The Hall–Kier alpha value is -0.870. The zero-order valence-electron chi connectivity index (χ0n) is 11.8. The number of rotatable bonds is 4. The fourth-order valence-corrected chi connectivity index (χ4v) is 3.68. The first-order chi connectivity index (χ1) is 9.03. The van der Waals surface area contributed by atoms with E-state index < -0.39 is 5.54 Å². The molecule has 19 heavy (non-hydrogen) atoms. The second-order valence-electron chi connectivity index (χ2n) is 5.93. The third-order valence-electron chi connectivity index (χ3n) is 4.00. The molecule has 0 aliphatic heterocycles. The Bertz CT molecular complexity index is 408. The minimum atomic E-state index is -0.650. The fraction of sp³-hybridized carbons (Fsp3) is 0.667. The highest BCUT2D eigenvalue weighted by Crippen LogP contribution is 2.30. The molecule has 0 bridgehead atoms. The van der Waals surface area contributed by atoms with E-state index in [1.54, 1.807) is 11.3 Å². The highest BCUT2D eigenvalue weighted by molar-refractivity contribution is 7.10. The largest absolute Gasteiger partial charge is 0.347 e. The molecule has 1 aliphatic carbocycles. The van der Waals surface area contributed by atoms with Crippen LogP contribution in [0.15, 0.2) is 17.5 Å². The topological polar surface area (TPSA) is 55.1 Å². The van der Waals surface area contributed by atoms with Crippen molar-refractivity contribution in [1.82, 2.24) is 5.32 Å². The number of hydrogen-bond donors (Lipinski definition) is 2. The van der Waals surface area contributed by atoms with Gasteiger partial charge in [0.25, 0.3) is 0 Å². The van der Waals surface area contributed by atoms with Crippen molar-refractivity contribution in [3.63, 3.8) is 0 Å². The summed E-state index contributed by atoms with van der Waals surface area (Å²) in [5.41, 5.74) is 5.65. The Labute approximate surface area is 119 Å². The van der Waals surface area contributed by atoms with Crippen LogP contribution in [0.2, 0.25) is 0 Å². The highest BCUT2D eigenvalue weighted by atomic mass is 32.1. The zero-order valence-corrected chi connectivity index (χ0v) is 12.6. The third-order valence-corrected chi connectivity index (χ3v) is 4.96. The number of thiophene rings is 1. The maximum Gasteiger partial charge on any atom is 0.240 e. The van der Waals surface area contributed by atoms with Gasteiger partial charge in [0.1, 0.15) is 0 Å². The average Bonchev–Trinajstić information content (AvgIpc) is 2.89. The molecule has 1 aromatic heterocycles. The third kappa shape index (κ3) is 3.37. The van der Waals surface area contributed by atoms with Crippen LogP contribution in [-0.2, 0) is 4.79 Å². The molecule has 1 atom stereocenters. The van der Waals surface area contributed by atoms with Gasteiger partial charge < -0.3 is 11.1 Å². The Morgan fingerprint density at radius 2 is 2.05 bits per heavy atom. The van der Waals surface area contributed by atoms with E-state index in [0.29, 0.717) is 5.92 Å². The molecule has 4 heteroatoms. The highest BCUT2D eigenvalue weighted by Gasteiger charge is 2.36. The Balaban J connectivity index is 2.07. The average molecular weight is 280 g/mol. The Kier molecular flexibility index (Phi) is 4.63. The van der Waals surface area contributed by atoms with E-state index in [4.69, 9.17) is 5.73 Å². The van der Waals surface area contributed by atoms with Crippen molar-refractivity contribution in [3.05, 3.63) is 22.4 Å². The minimum absolute atomic E-state index is 0.0271. The van der Waals surface area contributed by atoms with Crippen LogP contribution in [0.1, 0.15) is 56.9 Å². The molecule has 1 saturated carbocycles. The number of nitrogens with two attached hydrogens (primary N) is 1. The number of hydrogen-bond acceptors (Lipinski definition) is 3. The van der Waals surface area contributed by atoms with Crippen LogP contribution < -0.4 is 11.1 Å². The number of amides is 1. The van der Waals surface area contributed by atoms with E-state index in [1.165, 1.54) is 11.3 Å². The van der Waals surface area contributed by atoms with Gasteiger partial charge in [-0.3, -0.25) is 4.79 Å².